The van der Waals surface area contributed by atoms with Gasteiger partial charge in [-0.25, -0.2) is 0 Å². The van der Waals surface area contributed by atoms with Crippen LogP contribution in [-0.2, 0) is 6.54 Å². The number of hydrogen-bond acceptors (Lipinski definition) is 5. The fraction of sp³-hybridized carbons (Fsp3) is 0.0833. The first-order valence-electron chi connectivity index (χ1n) is 5.35. The van der Waals surface area contributed by atoms with Gasteiger partial charge in [0.1, 0.15) is 5.56 Å². The van der Waals surface area contributed by atoms with Crippen LogP contribution in [0.4, 0.5) is 0 Å². The normalized spacial score (nSPS) is 16.2. The molecule has 3 N–H and O–H groups in total. The van der Waals surface area contributed by atoms with E-state index in [2.05, 4.69) is 11.6 Å². The number of H-pyrrole nitrogens is 1. The first kappa shape index (κ1) is 13.6. The van der Waals surface area contributed by atoms with E-state index in [0.29, 0.717) is 17.2 Å². The van der Waals surface area contributed by atoms with Crippen molar-refractivity contribution >= 4 is 35.8 Å². The molecule has 1 aliphatic rings. The molecule has 19 heavy (non-hydrogen) atoms. The van der Waals surface area contributed by atoms with Crippen molar-refractivity contribution in [2.24, 2.45) is 0 Å². The number of allylic oxidation sites excluding steroid dienone is 3. The fourth-order valence-electron chi connectivity index (χ4n) is 1.57. The second kappa shape index (κ2) is 5.41. The van der Waals surface area contributed by atoms with Crippen molar-refractivity contribution in [1.82, 2.24) is 9.55 Å². The Kier molecular flexibility index (Phi) is 3.87. The maximum absolute atomic E-state index is 11.8. The highest BCUT2D eigenvalue weighted by molar-refractivity contribution is 8.07. The van der Waals surface area contributed by atoms with Gasteiger partial charge < -0.3 is 5.11 Å². The van der Waals surface area contributed by atoms with Crippen molar-refractivity contribution in [3.05, 3.63) is 49.7 Å². The van der Waals surface area contributed by atoms with E-state index in [1.54, 1.807) is 17.6 Å². The molecule has 0 radical (unpaired) electrons. The summed E-state index contributed by atoms with van der Waals surface area (Å²) < 4.78 is 1.50. The van der Waals surface area contributed by atoms with E-state index in [4.69, 9.17) is 17.6 Å². The van der Waals surface area contributed by atoms with Crippen molar-refractivity contribution in [2.75, 3.05) is 0 Å². The summed E-state index contributed by atoms with van der Waals surface area (Å²) in [6.07, 6.45) is 4.68. The highest BCUT2D eigenvalue weighted by Crippen LogP contribution is 2.28. The molecule has 1 aliphatic heterocycles. The molecule has 0 fully saturated rings. The molecule has 0 spiro atoms. The topological polar surface area (TPSA) is 81.9 Å². The number of aromatic nitrogens is 2. The molecule has 1 aromatic heterocycles. The minimum Gasteiger partial charge on any atom is -0.494 e. The standard InChI is InChI=1S/C12H11N3O2S2/c1-2-4-15-11(17)7(10(16)14-12(15)18)6-9-8(13)3-5-19-9/h2-3,5-6,13,17H,1,4H2,(H,14,16,18). The molecular formula is C12H11N3O2S2. The van der Waals surface area contributed by atoms with E-state index in [1.807, 2.05) is 0 Å². The third-order valence-corrected chi connectivity index (χ3v) is 3.68. The van der Waals surface area contributed by atoms with Gasteiger partial charge in [0.25, 0.3) is 5.56 Å². The van der Waals surface area contributed by atoms with E-state index in [-0.39, 0.29) is 16.2 Å². The van der Waals surface area contributed by atoms with Crippen LogP contribution in [0.15, 0.2) is 33.8 Å². The Morgan fingerprint density at radius 1 is 1.63 bits per heavy atom. The van der Waals surface area contributed by atoms with E-state index in [0.717, 1.165) is 0 Å². The Labute approximate surface area is 118 Å². The maximum Gasteiger partial charge on any atom is 0.262 e. The Bertz CT molecular complexity index is 725. The smallest absolute Gasteiger partial charge is 0.262 e. The third kappa shape index (κ3) is 2.61. The summed E-state index contributed by atoms with van der Waals surface area (Å²) in [5.74, 6) is -0.221. The van der Waals surface area contributed by atoms with Gasteiger partial charge >= 0.3 is 0 Å². The van der Waals surface area contributed by atoms with E-state index >= 15 is 0 Å². The average Bonchev–Trinajstić information content (AvgIpc) is 2.76. The van der Waals surface area contributed by atoms with Crippen molar-refractivity contribution < 1.29 is 5.11 Å². The summed E-state index contributed by atoms with van der Waals surface area (Å²) >= 11 is 6.30. The van der Waals surface area contributed by atoms with Crippen LogP contribution in [0, 0.1) is 10.2 Å². The third-order valence-electron chi connectivity index (χ3n) is 2.49. The lowest BCUT2D eigenvalue weighted by molar-refractivity contribution is 0.412. The predicted molar refractivity (Wildman–Crippen MR) is 80.2 cm³/mol. The zero-order chi connectivity index (χ0) is 14.0. The molecule has 7 heteroatoms. The molecule has 1 aromatic rings. The monoisotopic (exact) mass is 293 g/mol. The van der Waals surface area contributed by atoms with Crippen molar-refractivity contribution in [1.29, 1.82) is 5.41 Å². The number of rotatable bonds is 3. The predicted octanol–water partition coefficient (Wildman–Crippen LogP) is 2.42. The SMILES string of the molecule is C=CCn1c(O)c(C=C2SC=CC2=N)c(=O)[nH]c1=S. The Balaban J connectivity index is 2.61. The van der Waals surface area contributed by atoms with Crippen LogP contribution in [0.25, 0.3) is 6.08 Å². The quantitative estimate of drug-likeness (QED) is 0.590. The second-order valence-corrected chi connectivity index (χ2v) is 5.07. The van der Waals surface area contributed by atoms with E-state index in [9.17, 15) is 9.90 Å². The van der Waals surface area contributed by atoms with Gasteiger partial charge in [0.2, 0.25) is 5.88 Å². The van der Waals surface area contributed by atoms with Gasteiger partial charge in [0.05, 0.1) is 5.71 Å². The molecule has 0 amide bonds. The Hall–Kier alpha value is -1.86. The molecule has 0 atom stereocenters. The molecule has 0 aromatic carbocycles. The van der Waals surface area contributed by atoms with Crippen molar-refractivity contribution in [3.63, 3.8) is 0 Å². The molecule has 5 nitrogen and oxygen atoms in total. The molecule has 98 valence electrons. The minimum atomic E-state index is -0.476. The summed E-state index contributed by atoms with van der Waals surface area (Å²) in [5, 5.41) is 19.5. The minimum absolute atomic E-state index is 0.0893. The average molecular weight is 293 g/mol. The molecule has 0 saturated heterocycles. The second-order valence-electron chi connectivity index (χ2n) is 3.74. The number of hydrogen-bond donors (Lipinski definition) is 3. The molecule has 0 aliphatic carbocycles. The van der Waals surface area contributed by atoms with Crippen LogP contribution in [0.3, 0.4) is 0 Å². The Morgan fingerprint density at radius 2 is 2.37 bits per heavy atom. The number of thioether (sulfide) groups is 1. The lowest BCUT2D eigenvalue weighted by Gasteiger charge is -2.09. The zero-order valence-corrected chi connectivity index (χ0v) is 11.5. The van der Waals surface area contributed by atoms with Gasteiger partial charge in [-0.3, -0.25) is 19.8 Å². The van der Waals surface area contributed by atoms with Crippen LogP contribution >= 0.6 is 24.0 Å². The van der Waals surface area contributed by atoms with Gasteiger partial charge in [-0.2, -0.15) is 0 Å². The van der Waals surface area contributed by atoms with Crippen LogP contribution in [0.2, 0.25) is 0 Å². The largest absolute Gasteiger partial charge is 0.494 e. The van der Waals surface area contributed by atoms with E-state index < -0.39 is 5.56 Å². The van der Waals surface area contributed by atoms with E-state index in [1.165, 1.54) is 22.4 Å². The summed E-state index contributed by atoms with van der Waals surface area (Å²) in [6.45, 7) is 3.86. The summed E-state index contributed by atoms with van der Waals surface area (Å²) in [6, 6.07) is 0. The highest BCUT2D eigenvalue weighted by atomic mass is 32.2. The molecule has 2 heterocycles. The van der Waals surface area contributed by atoms with Gasteiger partial charge in [0, 0.05) is 11.4 Å². The van der Waals surface area contributed by atoms with Crippen LogP contribution in [0.1, 0.15) is 5.56 Å². The zero-order valence-electron chi connectivity index (χ0n) is 9.84. The molecule has 0 unspecified atom stereocenters. The summed E-state index contributed by atoms with van der Waals surface area (Å²) in [5.41, 5.74) is -0.0801. The van der Waals surface area contributed by atoms with Gasteiger partial charge in [-0.1, -0.05) is 17.8 Å². The number of nitrogens with one attached hydrogen (secondary N) is 2. The van der Waals surface area contributed by atoms with Crippen molar-refractivity contribution in [3.8, 4) is 5.88 Å². The van der Waals surface area contributed by atoms with Gasteiger partial charge in [-0.15, -0.1) is 6.58 Å². The maximum atomic E-state index is 11.8. The van der Waals surface area contributed by atoms with Gasteiger partial charge in [-0.05, 0) is 29.8 Å². The first-order valence-corrected chi connectivity index (χ1v) is 6.64. The molecular weight excluding hydrogens is 282 g/mol. The van der Waals surface area contributed by atoms with Crippen LogP contribution in [0.5, 0.6) is 5.88 Å². The summed E-state index contributed by atoms with van der Waals surface area (Å²) in [4.78, 5) is 14.9. The fourth-order valence-corrected chi connectivity index (χ4v) is 2.55. The number of aromatic hydroxyl groups is 1. The van der Waals surface area contributed by atoms with Gasteiger partial charge in [0.15, 0.2) is 4.77 Å². The van der Waals surface area contributed by atoms with Crippen LogP contribution < -0.4 is 5.56 Å². The Morgan fingerprint density at radius 3 is 2.95 bits per heavy atom. The molecule has 0 saturated carbocycles. The lowest BCUT2D eigenvalue weighted by atomic mass is 10.2. The summed E-state index contributed by atoms with van der Waals surface area (Å²) in [7, 11) is 0. The van der Waals surface area contributed by atoms with Crippen molar-refractivity contribution in [2.45, 2.75) is 6.54 Å². The number of aromatic amines is 1. The molecule has 0 bridgehead atoms. The first-order chi connectivity index (χ1) is 9.04. The molecule has 2 rings (SSSR count). The van der Waals surface area contributed by atoms with Crippen LogP contribution in [-0.4, -0.2) is 20.4 Å². The highest BCUT2D eigenvalue weighted by Gasteiger charge is 2.14. The number of nitrogens with zero attached hydrogens (tertiary/aromatic N) is 1. The lowest BCUT2D eigenvalue weighted by Crippen LogP contribution is -2.16.